The second kappa shape index (κ2) is 10.9. The van der Waals surface area contributed by atoms with E-state index in [0.717, 1.165) is 0 Å². The van der Waals surface area contributed by atoms with Gasteiger partial charge in [0.2, 0.25) is 0 Å². The molecule has 0 bridgehead atoms. The summed E-state index contributed by atoms with van der Waals surface area (Å²) in [4.78, 5) is 0. The first-order valence-corrected chi connectivity index (χ1v) is 7.27. The molecule has 0 fully saturated rings. The zero-order valence-electron chi connectivity index (χ0n) is 9.37. The standard InChI is InChI=1S/C10H18Cl4O3/c11-3-9(15)1-7(13)5-17-6-8(14)2-10(16)4-12/h7-10,15-16H,1-6H2. The minimum Gasteiger partial charge on any atom is -0.392 e. The van der Waals surface area contributed by atoms with Crippen molar-refractivity contribution in [1.82, 2.24) is 0 Å². The smallest absolute Gasteiger partial charge is 0.0690 e. The number of hydrogen-bond acceptors (Lipinski definition) is 3. The maximum atomic E-state index is 9.24. The molecular formula is C10H18Cl4O3. The van der Waals surface area contributed by atoms with E-state index < -0.39 is 12.2 Å². The summed E-state index contributed by atoms with van der Waals surface area (Å²) in [5, 5.41) is 17.9. The van der Waals surface area contributed by atoms with Crippen LogP contribution in [-0.2, 0) is 4.74 Å². The van der Waals surface area contributed by atoms with Crippen molar-refractivity contribution < 1.29 is 14.9 Å². The van der Waals surface area contributed by atoms with E-state index in [-0.39, 0.29) is 35.7 Å². The summed E-state index contributed by atoms with van der Waals surface area (Å²) in [6.45, 7) is 0.575. The first-order valence-electron chi connectivity index (χ1n) is 5.33. The van der Waals surface area contributed by atoms with Gasteiger partial charge >= 0.3 is 0 Å². The molecule has 2 N–H and O–H groups in total. The second-order valence-electron chi connectivity index (χ2n) is 3.82. The number of ether oxygens (including phenoxy) is 1. The summed E-state index contributed by atoms with van der Waals surface area (Å²) in [5.41, 5.74) is 0. The molecule has 0 aromatic rings. The van der Waals surface area contributed by atoms with Crippen LogP contribution in [0, 0.1) is 0 Å². The second-order valence-corrected chi connectivity index (χ2v) is 5.67. The van der Waals surface area contributed by atoms with Crippen LogP contribution in [0.15, 0.2) is 0 Å². The maximum Gasteiger partial charge on any atom is 0.0690 e. The molecular weight excluding hydrogens is 310 g/mol. The van der Waals surface area contributed by atoms with Gasteiger partial charge < -0.3 is 14.9 Å². The SMILES string of the molecule is OC(CCl)CC(Cl)COCC(Cl)CC(O)CCl. The predicted molar refractivity (Wildman–Crippen MR) is 72.8 cm³/mol. The summed E-state index contributed by atoms with van der Waals surface area (Å²) in [5.74, 6) is 0.312. The maximum absolute atomic E-state index is 9.24. The van der Waals surface area contributed by atoms with Crippen LogP contribution in [0.4, 0.5) is 0 Å². The van der Waals surface area contributed by atoms with Gasteiger partial charge in [-0.05, 0) is 12.8 Å². The van der Waals surface area contributed by atoms with Crippen LogP contribution in [-0.4, -0.2) is 58.1 Å². The lowest BCUT2D eigenvalue weighted by Gasteiger charge is -2.16. The minimum atomic E-state index is -0.618. The molecule has 3 nitrogen and oxygen atoms in total. The molecule has 0 aliphatic rings. The van der Waals surface area contributed by atoms with Crippen molar-refractivity contribution in [1.29, 1.82) is 0 Å². The lowest BCUT2D eigenvalue weighted by atomic mass is 10.2. The van der Waals surface area contributed by atoms with Crippen LogP contribution in [0.3, 0.4) is 0 Å². The molecule has 4 atom stereocenters. The van der Waals surface area contributed by atoms with E-state index in [9.17, 15) is 10.2 Å². The molecule has 0 saturated carbocycles. The van der Waals surface area contributed by atoms with E-state index in [1.54, 1.807) is 0 Å². The average molecular weight is 328 g/mol. The fourth-order valence-electron chi connectivity index (χ4n) is 1.18. The third-order valence-corrected chi connectivity index (χ3v) is 3.33. The third-order valence-electron chi connectivity index (χ3n) is 2.01. The number of halogens is 4. The number of alkyl halides is 4. The average Bonchev–Trinajstić information content (AvgIpc) is 2.28. The van der Waals surface area contributed by atoms with Crippen LogP contribution >= 0.6 is 46.4 Å². The highest BCUT2D eigenvalue weighted by Crippen LogP contribution is 2.11. The number of aliphatic hydroxyl groups excluding tert-OH is 2. The molecule has 104 valence electrons. The van der Waals surface area contributed by atoms with Crippen LogP contribution in [0.1, 0.15) is 12.8 Å². The van der Waals surface area contributed by atoms with Gasteiger partial charge in [0.1, 0.15) is 0 Å². The highest BCUT2D eigenvalue weighted by Gasteiger charge is 2.14. The van der Waals surface area contributed by atoms with E-state index >= 15 is 0 Å². The molecule has 17 heavy (non-hydrogen) atoms. The van der Waals surface area contributed by atoms with Crippen molar-refractivity contribution in [2.45, 2.75) is 35.8 Å². The third kappa shape index (κ3) is 10.6. The molecule has 0 aliphatic heterocycles. The molecule has 0 saturated heterocycles. The highest BCUT2D eigenvalue weighted by atomic mass is 35.5. The molecule has 0 spiro atoms. The van der Waals surface area contributed by atoms with E-state index in [0.29, 0.717) is 12.8 Å². The van der Waals surface area contributed by atoms with E-state index in [1.165, 1.54) is 0 Å². The van der Waals surface area contributed by atoms with Gasteiger partial charge in [-0.1, -0.05) is 0 Å². The number of rotatable bonds is 10. The van der Waals surface area contributed by atoms with E-state index in [1.807, 2.05) is 0 Å². The Labute approximate surface area is 122 Å². The quantitative estimate of drug-likeness (QED) is 0.605. The lowest BCUT2D eigenvalue weighted by Crippen LogP contribution is -2.23. The molecule has 0 aliphatic carbocycles. The van der Waals surface area contributed by atoms with Crippen molar-refractivity contribution in [2.24, 2.45) is 0 Å². The van der Waals surface area contributed by atoms with Crippen molar-refractivity contribution >= 4 is 46.4 Å². The summed E-state index contributed by atoms with van der Waals surface area (Å²) in [7, 11) is 0. The molecule has 0 amide bonds. The van der Waals surface area contributed by atoms with Crippen LogP contribution in [0.2, 0.25) is 0 Å². The number of hydrogen-bond donors (Lipinski definition) is 2. The van der Waals surface area contributed by atoms with Gasteiger partial charge in [0, 0.05) is 11.8 Å². The van der Waals surface area contributed by atoms with Gasteiger partial charge in [-0.25, -0.2) is 0 Å². The monoisotopic (exact) mass is 326 g/mol. The Morgan fingerprint density at radius 2 is 1.18 bits per heavy atom. The highest BCUT2D eigenvalue weighted by molar-refractivity contribution is 6.21. The summed E-state index contributed by atoms with van der Waals surface area (Å²) in [6.07, 6.45) is -0.481. The summed E-state index contributed by atoms with van der Waals surface area (Å²) >= 11 is 22.7. The van der Waals surface area contributed by atoms with Gasteiger partial charge in [0.25, 0.3) is 0 Å². The molecule has 0 rings (SSSR count). The Balaban J connectivity index is 3.55. The van der Waals surface area contributed by atoms with Gasteiger partial charge in [-0.3, -0.25) is 0 Å². The summed E-state index contributed by atoms with van der Waals surface area (Å²) in [6, 6.07) is 0. The van der Waals surface area contributed by atoms with E-state index in [2.05, 4.69) is 0 Å². The Bertz CT molecular complexity index is 167. The molecule has 0 radical (unpaired) electrons. The van der Waals surface area contributed by atoms with Crippen LogP contribution in [0.25, 0.3) is 0 Å². The van der Waals surface area contributed by atoms with Crippen molar-refractivity contribution in [3.05, 3.63) is 0 Å². The fraction of sp³-hybridized carbons (Fsp3) is 1.00. The van der Waals surface area contributed by atoms with Crippen molar-refractivity contribution in [3.63, 3.8) is 0 Å². The van der Waals surface area contributed by atoms with Gasteiger partial charge in [-0.15, -0.1) is 46.4 Å². The Morgan fingerprint density at radius 3 is 1.47 bits per heavy atom. The number of aliphatic hydroxyl groups is 2. The van der Waals surface area contributed by atoms with Gasteiger partial charge in [0.05, 0.1) is 36.2 Å². The molecule has 0 aromatic heterocycles. The van der Waals surface area contributed by atoms with E-state index in [4.69, 9.17) is 51.1 Å². The molecule has 0 heterocycles. The van der Waals surface area contributed by atoms with Crippen LogP contribution < -0.4 is 0 Å². The normalized spacial score (nSPS) is 18.7. The lowest BCUT2D eigenvalue weighted by molar-refractivity contribution is 0.103. The van der Waals surface area contributed by atoms with Gasteiger partial charge in [-0.2, -0.15) is 0 Å². The zero-order valence-corrected chi connectivity index (χ0v) is 12.4. The largest absolute Gasteiger partial charge is 0.392 e. The Morgan fingerprint density at radius 1 is 0.824 bits per heavy atom. The molecule has 0 aromatic carbocycles. The molecule has 7 heteroatoms. The fourth-order valence-corrected chi connectivity index (χ4v) is 2.02. The van der Waals surface area contributed by atoms with Crippen LogP contribution in [0.5, 0.6) is 0 Å². The zero-order chi connectivity index (χ0) is 13.3. The Hall–Kier alpha value is 1.04. The topological polar surface area (TPSA) is 49.7 Å². The first-order chi connectivity index (χ1) is 7.99. The molecule has 4 unspecified atom stereocenters. The summed E-state index contributed by atoms with van der Waals surface area (Å²) < 4.78 is 5.28. The van der Waals surface area contributed by atoms with Crippen molar-refractivity contribution in [3.8, 4) is 0 Å². The Kier molecular flexibility index (Phi) is 11.6. The first kappa shape index (κ1) is 18.0. The van der Waals surface area contributed by atoms with Crippen molar-refractivity contribution in [2.75, 3.05) is 25.0 Å². The van der Waals surface area contributed by atoms with Gasteiger partial charge in [0.15, 0.2) is 0 Å². The minimum absolute atomic E-state index is 0.156. The predicted octanol–water partition coefficient (Wildman–Crippen LogP) is 2.20.